The Morgan fingerprint density at radius 1 is 1.26 bits per heavy atom. The van der Waals surface area contributed by atoms with Crippen molar-refractivity contribution in [3.63, 3.8) is 0 Å². The highest BCUT2D eigenvalue weighted by molar-refractivity contribution is 5.96. The zero-order valence-corrected chi connectivity index (χ0v) is 20.6. The first kappa shape index (κ1) is 23.1. The number of amides is 1. The molecule has 1 amide bonds. The average molecular weight is 465 g/mol. The number of carbonyl (C=O) groups is 1. The molecule has 0 atom stereocenters. The lowest BCUT2D eigenvalue weighted by Crippen LogP contribution is -2.35. The number of aromatic nitrogens is 3. The van der Waals surface area contributed by atoms with Gasteiger partial charge in [0.1, 0.15) is 5.69 Å². The maximum atomic E-state index is 13.3. The molecule has 7 nitrogen and oxygen atoms in total. The van der Waals surface area contributed by atoms with E-state index in [1.807, 2.05) is 11.0 Å². The Hall–Kier alpha value is -2.64. The van der Waals surface area contributed by atoms with Gasteiger partial charge >= 0.3 is 0 Å². The molecule has 2 aliphatic rings. The van der Waals surface area contributed by atoms with Gasteiger partial charge in [-0.3, -0.25) is 9.89 Å². The predicted molar refractivity (Wildman–Crippen MR) is 134 cm³/mol. The molecule has 1 aliphatic carbocycles. The Labute approximate surface area is 201 Å². The van der Waals surface area contributed by atoms with Crippen molar-refractivity contribution in [1.82, 2.24) is 15.2 Å². The highest BCUT2D eigenvalue weighted by Crippen LogP contribution is 2.38. The van der Waals surface area contributed by atoms with Crippen molar-refractivity contribution in [3.05, 3.63) is 35.5 Å². The second-order valence-corrected chi connectivity index (χ2v) is 10.6. The Balaban J connectivity index is 1.40. The van der Waals surface area contributed by atoms with Crippen LogP contribution in [0.4, 0.5) is 5.69 Å². The second-order valence-electron chi connectivity index (χ2n) is 10.6. The van der Waals surface area contributed by atoms with Crippen LogP contribution in [-0.2, 0) is 27.1 Å². The van der Waals surface area contributed by atoms with Crippen molar-refractivity contribution in [2.45, 2.75) is 52.4 Å². The molecule has 0 unspecified atom stereocenters. The van der Waals surface area contributed by atoms with Crippen LogP contribution in [0.5, 0.6) is 0 Å². The molecule has 1 aliphatic heterocycles. The summed E-state index contributed by atoms with van der Waals surface area (Å²) in [6.07, 6.45) is 5.70. The first-order chi connectivity index (χ1) is 16.4. The fourth-order valence-electron chi connectivity index (χ4n) is 5.37. The van der Waals surface area contributed by atoms with E-state index >= 15 is 0 Å². The summed E-state index contributed by atoms with van der Waals surface area (Å²) in [5.41, 5.74) is 6.88. The summed E-state index contributed by atoms with van der Waals surface area (Å²) in [7, 11) is 1.67. The van der Waals surface area contributed by atoms with E-state index < -0.39 is 0 Å². The summed E-state index contributed by atoms with van der Waals surface area (Å²) in [5, 5.41) is 9.08. The molecule has 2 aromatic heterocycles. The van der Waals surface area contributed by atoms with Crippen LogP contribution in [-0.4, -0.2) is 54.6 Å². The smallest absolute Gasteiger partial charge is 0.227 e. The molecule has 0 bridgehead atoms. The van der Waals surface area contributed by atoms with Crippen LogP contribution >= 0.6 is 0 Å². The minimum absolute atomic E-state index is 0.152. The van der Waals surface area contributed by atoms with E-state index in [-0.39, 0.29) is 5.91 Å². The number of fused-ring (bicyclic) bond motifs is 2. The van der Waals surface area contributed by atoms with Crippen molar-refractivity contribution >= 4 is 22.5 Å². The van der Waals surface area contributed by atoms with Gasteiger partial charge in [0, 0.05) is 61.1 Å². The molecule has 7 heteroatoms. The van der Waals surface area contributed by atoms with E-state index in [0.717, 1.165) is 66.9 Å². The zero-order valence-electron chi connectivity index (χ0n) is 20.6. The van der Waals surface area contributed by atoms with Gasteiger partial charge in [0.25, 0.3) is 0 Å². The number of hydrogen-bond donors (Lipinski definition) is 2. The number of nitrogens with one attached hydrogen (secondary N) is 2. The molecular weight excluding hydrogens is 428 g/mol. The molecule has 34 heavy (non-hydrogen) atoms. The van der Waals surface area contributed by atoms with Gasteiger partial charge < -0.3 is 19.4 Å². The number of H-pyrrole nitrogens is 2. The molecule has 1 aromatic carbocycles. The van der Waals surface area contributed by atoms with Gasteiger partial charge in [-0.1, -0.05) is 19.9 Å². The Kier molecular flexibility index (Phi) is 6.49. The number of aromatic amines is 2. The van der Waals surface area contributed by atoms with Crippen LogP contribution < -0.4 is 4.90 Å². The summed E-state index contributed by atoms with van der Waals surface area (Å²) >= 11 is 0. The van der Waals surface area contributed by atoms with Crippen LogP contribution in [0.3, 0.4) is 0 Å². The number of ether oxygens (including phenoxy) is 2. The summed E-state index contributed by atoms with van der Waals surface area (Å²) in [5.74, 6) is 0.544. The van der Waals surface area contributed by atoms with Crippen LogP contribution in [0.15, 0.2) is 24.3 Å². The summed E-state index contributed by atoms with van der Waals surface area (Å²) in [4.78, 5) is 18.7. The third-order valence-electron chi connectivity index (χ3n) is 7.46. The van der Waals surface area contributed by atoms with Crippen LogP contribution in [0.1, 0.15) is 50.8 Å². The van der Waals surface area contributed by atoms with Crippen LogP contribution in [0.25, 0.3) is 22.3 Å². The molecule has 3 aromatic rings. The number of benzene rings is 1. The molecule has 0 saturated carbocycles. The highest BCUT2D eigenvalue weighted by Gasteiger charge is 2.29. The quantitative estimate of drug-likeness (QED) is 0.523. The average Bonchev–Trinajstić information content (AvgIpc) is 3.42. The van der Waals surface area contributed by atoms with Gasteiger partial charge in [-0.2, -0.15) is 5.10 Å². The van der Waals surface area contributed by atoms with Gasteiger partial charge in [-0.05, 0) is 61.6 Å². The topological polar surface area (TPSA) is 83.2 Å². The van der Waals surface area contributed by atoms with E-state index in [1.165, 1.54) is 17.7 Å². The van der Waals surface area contributed by atoms with Gasteiger partial charge in [0.05, 0.1) is 12.3 Å². The maximum absolute atomic E-state index is 13.3. The van der Waals surface area contributed by atoms with Crippen molar-refractivity contribution < 1.29 is 14.3 Å². The summed E-state index contributed by atoms with van der Waals surface area (Å²) in [6, 6.07) is 8.38. The molecule has 0 radical (unpaired) electrons. The molecule has 2 N–H and O–H groups in total. The number of anilines is 1. The lowest BCUT2D eigenvalue weighted by Gasteiger charge is -2.28. The van der Waals surface area contributed by atoms with E-state index in [1.54, 1.807) is 7.11 Å². The minimum Gasteiger partial charge on any atom is -0.383 e. The SMILES string of the molecule is COCCN(C(=O)CC1CCOCC1)c1ccc2cc(-c3n[nH]c4c3CCC(C)(C)C4)[nH]c2c1. The van der Waals surface area contributed by atoms with Crippen LogP contribution in [0, 0.1) is 11.3 Å². The summed E-state index contributed by atoms with van der Waals surface area (Å²) in [6.45, 7) is 7.19. The predicted octanol–water partition coefficient (Wildman–Crippen LogP) is 4.87. The molecule has 1 fully saturated rings. The van der Waals surface area contributed by atoms with E-state index in [0.29, 0.717) is 30.9 Å². The van der Waals surface area contributed by atoms with Crippen molar-refractivity contribution in [1.29, 1.82) is 0 Å². The Morgan fingerprint density at radius 3 is 2.88 bits per heavy atom. The minimum atomic E-state index is 0.152. The van der Waals surface area contributed by atoms with E-state index in [2.05, 4.69) is 47.2 Å². The molecule has 3 heterocycles. The van der Waals surface area contributed by atoms with Gasteiger partial charge in [-0.25, -0.2) is 0 Å². The molecule has 5 rings (SSSR count). The van der Waals surface area contributed by atoms with Crippen LogP contribution in [0.2, 0.25) is 0 Å². The monoisotopic (exact) mass is 464 g/mol. The van der Waals surface area contributed by atoms with Crippen molar-refractivity contribution in [2.75, 3.05) is 38.4 Å². The fourth-order valence-corrected chi connectivity index (χ4v) is 5.37. The number of rotatable bonds is 7. The van der Waals surface area contributed by atoms with Gasteiger partial charge in [0.15, 0.2) is 0 Å². The van der Waals surface area contributed by atoms with Gasteiger partial charge in [-0.15, -0.1) is 0 Å². The normalized spacial score (nSPS) is 18.2. The number of nitrogens with zero attached hydrogens (tertiary/aromatic N) is 2. The zero-order chi connectivity index (χ0) is 23.7. The Morgan fingerprint density at radius 2 is 2.09 bits per heavy atom. The second kappa shape index (κ2) is 9.55. The molecule has 1 saturated heterocycles. The van der Waals surface area contributed by atoms with E-state index in [9.17, 15) is 4.79 Å². The van der Waals surface area contributed by atoms with E-state index in [4.69, 9.17) is 9.47 Å². The van der Waals surface area contributed by atoms with Crippen molar-refractivity contribution in [3.8, 4) is 11.4 Å². The lowest BCUT2D eigenvalue weighted by atomic mass is 9.76. The molecular formula is C27H36N4O3. The third-order valence-corrected chi connectivity index (χ3v) is 7.46. The standard InChI is InChI=1S/C27H36N4O3/c1-27(2)9-6-21-24(17-27)29-30-26(21)23-15-19-4-5-20(16-22(19)28-23)31(10-13-33-3)25(32)14-18-7-11-34-12-8-18/h4-5,15-16,18,28H,6-14,17H2,1-3H3,(H,29,30). The fraction of sp³-hybridized carbons (Fsp3) is 0.556. The maximum Gasteiger partial charge on any atom is 0.227 e. The van der Waals surface area contributed by atoms with Gasteiger partial charge in [0.2, 0.25) is 5.91 Å². The third kappa shape index (κ3) is 4.77. The van der Waals surface area contributed by atoms with Crippen molar-refractivity contribution in [2.24, 2.45) is 11.3 Å². The first-order valence-electron chi connectivity index (χ1n) is 12.5. The first-order valence-corrected chi connectivity index (χ1v) is 12.5. The molecule has 0 spiro atoms. The largest absolute Gasteiger partial charge is 0.383 e. The Bertz CT molecular complexity index is 1160. The summed E-state index contributed by atoms with van der Waals surface area (Å²) < 4.78 is 10.8. The number of methoxy groups -OCH3 is 1. The number of hydrogen-bond acceptors (Lipinski definition) is 4. The number of carbonyl (C=O) groups excluding carboxylic acids is 1. The lowest BCUT2D eigenvalue weighted by molar-refractivity contribution is -0.120. The highest BCUT2D eigenvalue weighted by atomic mass is 16.5. The molecule has 182 valence electrons.